The highest BCUT2D eigenvalue weighted by atomic mass is 28.3. The summed E-state index contributed by atoms with van der Waals surface area (Å²) in [6.45, 7) is 22.9. The Morgan fingerprint density at radius 1 is 0.780 bits per heavy atom. The molecule has 0 saturated carbocycles. The average molecular weight is 599 g/mol. The van der Waals surface area contributed by atoms with Crippen LogP contribution in [0.1, 0.15) is 59.9 Å². The Kier molecular flexibility index (Phi) is 8.94. The Morgan fingerprint density at radius 2 is 1.37 bits per heavy atom. The molecule has 6 nitrogen and oxygen atoms in total. The van der Waals surface area contributed by atoms with Crippen LogP contribution in [-0.4, -0.2) is 55.5 Å². The molecule has 226 valence electrons. The molecule has 0 heterocycles. The lowest BCUT2D eigenvalue weighted by molar-refractivity contribution is -0.114. The molecule has 41 heavy (non-hydrogen) atoms. The minimum absolute atomic E-state index is 0.0121. The van der Waals surface area contributed by atoms with Crippen LogP contribution in [0.4, 0.5) is 0 Å². The summed E-state index contributed by atoms with van der Waals surface area (Å²) in [6, 6.07) is 2.11. The van der Waals surface area contributed by atoms with Gasteiger partial charge in [0.25, 0.3) is 0 Å². The highest BCUT2D eigenvalue weighted by Gasteiger charge is 2.47. The zero-order chi connectivity index (χ0) is 31.3. The van der Waals surface area contributed by atoms with Gasteiger partial charge in [0, 0.05) is 23.6 Å². The van der Waals surface area contributed by atoms with Crippen molar-refractivity contribution in [2.45, 2.75) is 90.6 Å². The molecule has 2 aliphatic carbocycles. The van der Waals surface area contributed by atoms with Crippen molar-refractivity contribution in [1.29, 1.82) is 0 Å². The van der Waals surface area contributed by atoms with Gasteiger partial charge in [0.2, 0.25) is 0 Å². The number of carbonyl (C=O) groups excluding carboxylic acids is 1. The van der Waals surface area contributed by atoms with E-state index in [1.165, 1.54) is 0 Å². The van der Waals surface area contributed by atoms with Gasteiger partial charge in [-0.3, -0.25) is 4.79 Å². The van der Waals surface area contributed by atoms with E-state index in [2.05, 4.69) is 73.8 Å². The first kappa shape index (κ1) is 32.8. The molecule has 0 amide bonds. The largest absolute Gasteiger partial charge is 0.507 e. The van der Waals surface area contributed by atoms with E-state index < -0.39 is 16.1 Å². The van der Waals surface area contributed by atoms with Crippen LogP contribution in [0, 0.1) is 0 Å². The van der Waals surface area contributed by atoms with Crippen LogP contribution in [0.25, 0.3) is 5.57 Å². The fourth-order valence-corrected chi connectivity index (χ4v) is 9.90. The molecule has 0 bridgehead atoms. The number of hydrogen-bond acceptors (Lipinski definition) is 6. The van der Waals surface area contributed by atoms with E-state index in [-0.39, 0.29) is 28.0 Å². The van der Waals surface area contributed by atoms with Gasteiger partial charge < -0.3 is 24.1 Å². The molecule has 8 heteroatoms. The normalized spacial score (nSPS) is 17.1. The first-order chi connectivity index (χ1) is 18.8. The maximum absolute atomic E-state index is 13.3. The summed E-state index contributed by atoms with van der Waals surface area (Å²) in [7, 11) is 1.96. The number of benzene rings is 1. The second-order valence-corrected chi connectivity index (χ2v) is 24.8. The van der Waals surface area contributed by atoms with E-state index in [1.54, 1.807) is 34.5 Å². The van der Waals surface area contributed by atoms with Gasteiger partial charge in [-0.1, -0.05) is 67.7 Å². The van der Waals surface area contributed by atoms with Crippen LogP contribution in [0.15, 0.2) is 46.6 Å². The quantitative estimate of drug-likeness (QED) is 0.344. The van der Waals surface area contributed by atoms with Gasteiger partial charge in [-0.25, -0.2) is 0 Å². The van der Waals surface area contributed by atoms with Gasteiger partial charge >= 0.3 is 0 Å². The van der Waals surface area contributed by atoms with E-state index in [4.69, 9.17) is 18.9 Å². The lowest BCUT2D eigenvalue weighted by Crippen LogP contribution is -2.56. The van der Waals surface area contributed by atoms with Gasteiger partial charge in [0.05, 0.1) is 44.6 Å². The molecule has 0 unspecified atom stereocenters. The van der Waals surface area contributed by atoms with E-state index in [0.717, 1.165) is 32.8 Å². The minimum Gasteiger partial charge on any atom is -0.507 e. The molecular weight excluding hydrogens is 549 g/mol. The van der Waals surface area contributed by atoms with Crippen molar-refractivity contribution in [2.75, 3.05) is 28.4 Å². The summed E-state index contributed by atoms with van der Waals surface area (Å²) in [5.74, 6) is 2.60. The Labute approximate surface area is 249 Å². The van der Waals surface area contributed by atoms with Crippen molar-refractivity contribution < 1.29 is 28.8 Å². The molecule has 1 N–H and O–H groups in total. The van der Waals surface area contributed by atoms with E-state index in [0.29, 0.717) is 29.3 Å². The van der Waals surface area contributed by atoms with Crippen LogP contribution in [0.2, 0.25) is 36.3 Å². The highest BCUT2D eigenvalue weighted by molar-refractivity contribution is 6.96. The standard InChI is InChI=1S/C33H50O6Si2/c1-32(2,3)40(11,12)27-19-24(28(35)31(30(27)39-10)41(13,14)33(4,5)6)23-17-21(34)15-20-16-25(36-7)29(38-9)26(37-8)18-22(20)23/h16-17,19,35H,15,18H2,1-14H3. The zero-order valence-electron chi connectivity index (χ0n) is 27.6. The van der Waals surface area contributed by atoms with Crippen molar-refractivity contribution in [1.82, 2.24) is 0 Å². The number of hydrogen-bond donors (Lipinski definition) is 1. The second-order valence-electron chi connectivity index (χ2n) is 14.2. The fourth-order valence-electron chi connectivity index (χ4n) is 5.38. The fraction of sp³-hybridized carbons (Fsp3) is 0.545. The third-order valence-corrected chi connectivity index (χ3v) is 20.9. The van der Waals surface area contributed by atoms with Gasteiger partial charge in [-0.2, -0.15) is 0 Å². The summed E-state index contributed by atoms with van der Waals surface area (Å²) in [5.41, 5.74) is 3.15. The number of phenolic OH excluding ortho intramolecular Hbond substituents is 1. The van der Waals surface area contributed by atoms with Crippen LogP contribution in [-0.2, 0) is 19.0 Å². The Hall–Kier alpha value is -2.72. The number of aromatic hydroxyl groups is 1. The average Bonchev–Trinajstić information content (AvgIpc) is 3.01. The van der Waals surface area contributed by atoms with Crippen LogP contribution in [0.5, 0.6) is 11.5 Å². The zero-order valence-corrected chi connectivity index (χ0v) is 29.6. The Morgan fingerprint density at radius 3 is 1.83 bits per heavy atom. The molecule has 0 spiro atoms. The Bertz CT molecular complexity index is 1360. The van der Waals surface area contributed by atoms with E-state index >= 15 is 0 Å². The molecule has 1 aromatic carbocycles. The van der Waals surface area contributed by atoms with E-state index in [9.17, 15) is 9.90 Å². The molecule has 0 atom stereocenters. The van der Waals surface area contributed by atoms with Crippen LogP contribution >= 0.6 is 0 Å². The highest BCUT2D eigenvalue weighted by Crippen LogP contribution is 2.47. The van der Waals surface area contributed by atoms with Gasteiger partial charge in [0.1, 0.15) is 17.3 Å². The number of allylic oxidation sites excluding steroid dienone is 5. The predicted octanol–water partition coefficient (Wildman–Crippen LogP) is 6.92. The third kappa shape index (κ3) is 5.57. The summed E-state index contributed by atoms with van der Waals surface area (Å²) in [6.07, 6.45) is 4.19. The molecule has 0 saturated heterocycles. The van der Waals surface area contributed by atoms with Crippen LogP contribution < -0.4 is 15.1 Å². The first-order valence-electron chi connectivity index (χ1n) is 14.3. The maximum atomic E-state index is 13.3. The minimum atomic E-state index is -2.35. The predicted molar refractivity (Wildman–Crippen MR) is 174 cm³/mol. The van der Waals surface area contributed by atoms with Crippen molar-refractivity contribution in [3.8, 4) is 11.5 Å². The molecule has 0 aromatic heterocycles. The molecular formula is C33H50O6Si2. The smallest absolute Gasteiger partial charge is 0.199 e. The third-order valence-electron chi connectivity index (χ3n) is 9.97. The lowest BCUT2D eigenvalue weighted by Gasteiger charge is -2.43. The monoisotopic (exact) mass is 598 g/mol. The van der Waals surface area contributed by atoms with Gasteiger partial charge in [-0.15, -0.1) is 0 Å². The van der Waals surface area contributed by atoms with Crippen molar-refractivity contribution in [3.63, 3.8) is 0 Å². The molecule has 0 aliphatic heterocycles. The Balaban J connectivity index is 2.52. The molecule has 0 fully saturated rings. The molecule has 1 aromatic rings. The number of ether oxygens (including phenoxy) is 4. The van der Waals surface area contributed by atoms with Crippen molar-refractivity contribution in [2.24, 2.45) is 0 Å². The number of carbonyl (C=O) groups is 1. The number of rotatable bonds is 7. The SMILES string of the molecule is COC1=CC2=C(CC(OC)=C1OC)C(c1cc([Si](C)(C)C(C)(C)C)c(OC)c([Si](C)(C)C(C)(C)C)c1O)=CC(=O)C2. The summed E-state index contributed by atoms with van der Waals surface area (Å²) >= 11 is 0. The maximum Gasteiger partial charge on any atom is 0.199 e. The number of ketones is 1. The first-order valence-corrected chi connectivity index (χ1v) is 20.3. The molecule has 2 aliphatic rings. The van der Waals surface area contributed by atoms with Gasteiger partial charge in [0.15, 0.2) is 17.3 Å². The molecule has 3 rings (SSSR count). The summed E-state index contributed by atoms with van der Waals surface area (Å²) in [4.78, 5) is 13.3. The number of methoxy groups -OCH3 is 4. The van der Waals surface area contributed by atoms with Crippen molar-refractivity contribution >= 4 is 37.9 Å². The topological polar surface area (TPSA) is 74.2 Å². The molecule has 0 radical (unpaired) electrons. The summed E-state index contributed by atoms with van der Waals surface area (Å²) in [5, 5.41) is 14.3. The van der Waals surface area contributed by atoms with Crippen molar-refractivity contribution in [3.05, 3.63) is 52.2 Å². The van der Waals surface area contributed by atoms with E-state index in [1.807, 2.05) is 6.08 Å². The number of phenols is 1. The summed E-state index contributed by atoms with van der Waals surface area (Å²) < 4.78 is 23.4. The lowest BCUT2D eigenvalue weighted by atomic mass is 9.84. The van der Waals surface area contributed by atoms with Crippen LogP contribution in [0.3, 0.4) is 0 Å². The second kappa shape index (κ2) is 11.2. The van der Waals surface area contributed by atoms with Gasteiger partial charge in [-0.05, 0) is 50.2 Å².